The molecule has 0 aromatic heterocycles. The van der Waals surface area contributed by atoms with Gasteiger partial charge in [-0.2, -0.15) is 0 Å². The highest BCUT2D eigenvalue weighted by Gasteiger charge is 2.32. The Morgan fingerprint density at radius 2 is 1.71 bits per heavy atom. The number of nitrogens with two attached hydrogens (primary N) is 1. The van der Waals surface area contributed by atoms with Crippen molar-refractivity contribution in [2.24, 2.45) is 5.73 Å². The van der Waals surface area contributed by atoms with E-state index in [1.165, 1.54) is 0 Å². The number of halogens is 2. The van der Waals surface area contributed by atoms with Crippen LogP contribution in [0.4, 0.5) is 5.69 Å². The third-order valence-electron chi connectivity index (χ3n) is 5.68. The second kappa shape index (κ2) is 14.7. The van der Waals surface area contributed by atoms with E-state index in [-0.39, 0.29) is 55.1 Å². The summed E-state index contributed by atoms with van der Waals surface area (Å²) in [6.45, 7) is 4.34. The highest BCUT2D eigenvalue weighted by atomic mass is 35.5. The first-order chi connectivity index (χ1) is 15.8. The molecule has 3 atom stereocenters. The fourth-order valence-corrected chi connectivity index (χ4v) is 4.11. The number of hydrogen-bond donors (Lipinski definition) is 5. The van der Waals surface area contributed by atoms with Crippen LogP contribution in [0.1, 0.15) is 29.5 Å². The van der Waals surface area contributed by atoms with Crippen LogP contribution in [0.3, 0.4) is 0 Å². The number of benzene rings is 2. The first kappa shape index (κ1) is 30.4. The van der Waals surface area contributed by atoms with E-state index in [2.05, 4.69) is 21.3 Å². The number of nitrogens with one attached hydrogen (secondary N) is 4. The maximum atomic E-state index is 13.1. The van der Waals surface area contributed by atoms with Crippen LogP contribution in [0.5, 0.6) is 0 Å². The predicted octanol–water partition coefficient (Wildman–Crippen LogP) is 2.01. The van der Waals surface area contributed by atoms with Crippen molar-refractivity contribution in [3.8, 4) is 0 Å². The van der Waals surface area contributed by atoms with Gasteiger partial charge in [-0.3, -0.25) is 14.4 Å². The number of aryl methyl sites for hydroxylation is 3. The van der Waals surface area contributed by atoms with Crippen LogP contribution >= 0.6 is 24.8 Å². The average Bonchev–Trinajstić information content (AvgIpc) is 3.24. The Balaban J connectivity index is 0.00000306. The zero-order chi connectivity index (χ0) is 23.8. The summed E-state index contributed by atoms with van der Waals surface area (Å²) in [5, 5.41) is 11.8. The van der Waals surface area contributed by atoms with E-state index >= 15 is 0 Å². The van der Waals surface area contributed by atoms with Crippen LogP contribution < -0.4 is 27.0 Å². The maximum absolute atomic E-state index is 13.1. The predicted molar refractivity (Wildman–Crippen MR) is 143 cm³/mol. The lowest BCUT2D eigenvalue weighted by Gasteiger charge is -2.21. The van der Waals surface area contributed by atoms with Crippen LogP contribution in [-0.2, 0) is 20.8 Å². The Hall–Kier alpha value is -2.65. The Morgan fingerprint density at radius 3 is 2.34 bits per heavy atom. The Morgan fingerprint density at radius 1 is 1.06 bits per heavy atom. The maximum Gasteiger partial charge on any atom is 0.246 e. The Bertz CT molecular complexity index is 970. The number of hydrogen-bond acceptors (Lipinski definition) is 5. The quantitative estimate of drug-likeness (QED) is 0.343. The van der Waals surface area contributed by atoms with Crippen LogP contribution in [-0.4, -0.2) is 48.9 Å². The lowest BCUT2D eigenvalue weighted by Crippen LogP contribution is -2.50. The Kier molecular flexibility index (Phi) is 12.7. The molecule has 0 aliphatic carbocycles. The molecular weight excluding hydrogens is 489 g/mol. The van der Waals surface area contributed by atoms with Crippen LogP contribution in [0.2, 0.25) is 0 Å². The molecule has 192 valence electrons. The van der Waals surface area contributed by atoms with Crippen molar-refractivity contribution in [2.75, 3.05) is 18.4 Å². The summed E-state index contributed by atoms with van der Waals surface area (Å²) < 4.78 is 0. The molecule has 0 unspecified atom stereocenters. The summed E-state index contributed by atoms with van der Waals surface area (Å²) in [5.74, 6) is -0.764. The molecule has 2 aromatic carbocycles. The van der Waals surface area contributed by atoms with Gasteiger partial charge in [0.15, 0.2) is 0 Å². The zero-order valence-corrected chi connectivity index (χ0v) is 21.6. The van der Waals surface area contributed by atoms with E-state index < -0.39 is 12.1 Å². The minimum atomic E-state index is -0.696. The lowest BCUT2D eigenvalue weighted by atomic mass is 10.0. The largest absolute Gasteiger partial charge is 0.351 e. The standard InChI is InChI=1S/C25H33N5O3.2ClH/c1-16-10-17(2)12-19(11-16)29-24(32)21(9-8-18-6-4-3-5-7-18)30-25(33)22-13-20(15-27-22)28-23(31)14-26;;/h3-7,10-12,20-22,27H,8-9,13-15,26H2,1-2H3,(H,28,31)(H,29,32)(H,30,33);2*1H/t20-,21-,22+;;/m1../s1. The Labute approximate surface area is 219 Å². The summed E-state index contributed by atoms with van der Waals surface area (Å²) in [6, 6.07) is 14.4. The van der Waals surface area contributed by atoms with E-state index in [0.717, 1.165) is 16.7 Å². The summed E-state index contributed by atoms with van der Waals surface area (Å²) in [6.07, 6.45) is 1.56. The third-order valence-corrected chi connectivity index (χ3v) is 5.68. The van der Waals surface area contributed by atoms with Gasteiger partial charge in [-0.25, -0.2) is 0 Å². The molecule has 0 radical (unpaired) electrons. The van der Waals surface area contributed by atoms with Gasteiger partial charge in [-0.1, -0.05) is 36.4 Å². The van der Waals surface area contributed by atoms with E-state index in [1.54, 1.807) is 0 Å². The molecule has 1 aliphatic heterocycles. The molecule has 8 nitrogen and oxygen atoms in total. The summed E-state index contributed by atoms with van der Waals surface area (Å²) in [7, 11) is 0. The minimum Gasteiger partial charge on any atom is -0.351 e. The van der Waals surface area contributed by atoms with Crippen molar-refractivity contribution in [3.63, 3.8) is 0 Å². The smallest absolute Gasteiger partial charge is 0.246 e. The van der Waals surface area contributed by atoms with E-state index in [0.29, 0.717) is 31.5 Å². The second-order valence-corrected chi connectivity index (χ2v) is 8.62. The molecule has 3 rings (SSSR count). The van der Waals surface area contributed by atoms with E-state index in [4.69, 9.17) is 5.73 Å². The first-order valence-electron chi connectivity index (χ1n) is 11.3. The van der Waals surface area contributed by atoms with Crippen molar-refractivity contribution < 1.29 is 14.4 Å². The molecule has 1 saturated heterocycles. The molecule has 1 heterocycles. The van der Waals surface area contributed by atoms with E-state index in [9.17, 15) is 14.4 Å². The highest BCUT2D eigenvalue weighted by molar-refractivity contribution is 5.98. The number of anilines is 1. The zero-order valence-electron chi connectivity index (χ0n) is 20.0. The van der Waals surface area contributed by atoms with Gasteiger partial charge in [0, 0.05) is 18.3 Å². The highest BCUT2D eigenvalue weighted by Crippen LogP contribution is 2.15. The van der Waals surface area contributed by atoms with Gasteiger partial charge in [0.2, 0.25) is 17.7 Å². The number of carbonyl (C=O) groups excluding carboxylic acids is 3. The molecular formula is C25H35Cl2N5O3. The molecule has 35 heavy (non-hydrogen) atoms. The molecule has 2 aromatic rings. The van der Waals surface area contributed by atoms with Gasteiger partial charge >= 0.3 is 0 Å². The average molecular weight is 524 g/mol. The van der Waals surface area contributed by atoms with Gasteiger partial charge in [-0.05, 0) is 61.9 Å². The monoisotopic (exact) mass is 523 g/mol. The third kappa shape index (κ3) is 9.49. The van der Waals surface area contributed by atoms with Gasteiger partial charge < -0.3 is 27.0 Å². The van der Waals surface area contributed by atoms with Gasteiger partial charge in [0.05, 0.1) is 12.6 Å². The second-order valence-electron chi connectivity index (χ2n) is 8.62. The van der Waals surface area contributed by atoms with Gasteiger partial charge in [0.1, 0.15) is 6.04 Å². The lowest BCUT2D eigenvalue weighted by molar-refractivity contribution is -0.127. The molecule has 1 fully saturated rings. The topological polar surface area (TPSA) is 125 Å². The summed E-state index contributed by atoms with van der Waals surface area (Å²) in [5.41, 5.74) is 9.26. The van der Waals surface area contributed by atoms with Crippen molar-refractivity contribution in [3.05, 3.63) is 65.2 Å². The SMILES string of the molecule is Cc1cc(C)cc(NC(=O)[C@@H](CCc2ccccc2)NC(=O)[C@@H]2C[C@@H](NC(=O)CN)CN2)c1.Cl.Cl. The van der Waals surface area contributed by atoms with Crippen LogP contribution in [0.15, 0.2) is 48.5 Å². The van der Waals surface area contributed by atoms with Crippen molar-refractivity contribution >= 4 is 48.2 Å². The molecule has 0 spiro atoms. The van der Waals surface area contributed by atoms with Crippen LogP contribution in [0.25, 0.3) is 0 Å². The molecule has 1 aliphatic rings. The normalized spacial score (nSPS) is 17.3. The first-order valence-corrected chi connectivity index (χ1v) is 11.3. The number of rotatable bonds is 9. The van der Waals surface area contributed by atoms with Crippen molar-refractivity contribution in [2.45, 2.75) is 51.2 Å². The summed E-state index contributed by atoms with van der Waals surface area (Å²) >= 11 is 0. The molecule has 0 bridgehead atoms. The fraction of sp³-hybridized carbons (Fsp3) is 0.400. The van der Waals surface area contributed by atoms with Gasteiger partial charge in [0.25, 0.3) is 0 Å². The fourth-order valence-electron chi connectivity index (χ4n) is 4.11. The minimum absolute atomic E-state index is 0. The molecule has 3 amide bonds. The molecule has 6 N–H and O–H groups in total. The molecule has 0 saturated carbocycles. The van der Waals surface area contributed by atoms with E-state index in [1.807, 2.05) is 62.4 Å². The number of carbonyl (C=O) groups is 3. The van der Waals surface area contributed by atoms with Crippen LogP contribution in [0, 0.1) is 13.8 Å². The van der Waals surface area contributed by atoms with Gasteiger partial charge in [-0.15, -0.1) is 24.8 Å². The van der Waals surface area contributed by atoms with Crippen molar-refractivity contribution in [1.82, 2.24) is 16.0 Å². The van der Waals surface area contributed by atoms with Crippen molar-refractivity contribution in [1.29, 1.82) is 0 Å². The summed E-state index contributed by atoms with van der Waals surface area (Å²) in [4.78, 5) is 37.6. The number of amides is 3. The molecule has 10 heteroatoms.